The Kier molecular flexibility index (Phi) is 6.67. The number of nitrogens with one attached hydrogen (secondary N) is 1. The maximum Gasteiger partial charge on any atom is 0.251 e. The topological polar surface area (TPSA) is 75.7 Å². The van der Waals surface area contributed by atoms with Crippen molar-refractivity contribution in [1.29, 1.82) is 0 Å². The molecule has 1 heterocycles. The molecule has 0 radical (unpaired) electrons. The third-order valence-corrected chi connectivity index (χ3v) is 6.97. The first-order chi connectivity index (χ1) is 12.5. The molecule has 0 bridgehead atoms. The highest BCUT2D eigenvalue weighted by Gasteiger charge is 2.24. The first-order valence-electron chi connectivity index (χ1n) is 9.50. The van der Waals surface area contributed by atoms with Gasteiger partial charge in [-0.1, -0.05) is 37.8 Å². The number of hydrogen-bond donors (Lipinski definition) is 1. The van der Waals surface area contributed by atoms with E-state index in [1.807, 2.05) is 0 Å². The molecule has 1 aliphatic carbocycles. The Labute approximate surface area is 156 Å². The van der Waals surface area contributed by atoms with Gasteiger partial charge in [0.1, 0.15) is 0 Å². The molecule has 1 amide bonds. The van der Waals surface area contributed by atoms with E-state index >= 15 is 0 Å². The van der Waals surface area contributed by atoms with Gasteiger partial charge in [-0.2, -0.15) is 4.31 Å². The van der Waals surface area contributed by atoms with Crippen LogP contribution in [0.3, 0.4) is 0 Å². The van der Waals surface area contributed by atoms with Crippen LogP contribution < -0.4 is 5.32 Å². The first kappa shape index (κ1) is 19.3. The molecule has 7 heteroatoms. The standard InChI is InChI=1S/C19H28N2O4S/c22-19(20-18-5-3-1-2-4-6-18)17-9-7-16(8-10-17)15-26(23,24)21-11-13-25-14-12-21/h7-10,18H,1-6,11-15H2,(H,20,22). The largest absolute Gasteiger partial charge is 0.379 e. The zero-order valence-corrected chi connectivity index (χ0v) is 16.0. The molecule has 1 N–H and O–H groups in total. The molecule has 6 nitrogen and oxygen atoms in total. The quantitative estimate of drug-likeness (QED) is 0.796. The molecule has 1 aliphatic heterocycles. The second kappa shape index (κ2) is 8.97. The molecular weight excluding hydrogens is 352 g/mol. The van der Waals surface area contributed by atoms with Gasteiger partial charge in [-0.15, -0.1) is 0 Å². The molecule has 1 aromatic carbocycles. The van der Waals surface area contributed by atoms with E-state index in [2.05, 4.69) is 5.32 Å². The van der Waals surface area contributed by atoms with Crippen LogP contribution in [0, 0.1) is 0 Å². The summed E-state index contributed by atoms with van der Waals surface area (Å²) >= 11 is 0. The number of ether oxygens (including phenoxy) is 1. The van der Waals surface area contributed by atoms with Crippen molar-refractivity contribution < 1.29 is 17.9 Å². The van der Waals surface area contributed by atoms with Crippen molar-refractivity contribution in [3.8, 4) is 0 Å². The maximum atomic E-state index is 12.5. The fourth-order valence-electron chi connectivity index (χ4n) is 3.57. The zero-order valence-electron chi connectivity index (χ0n) is 15.2. The SMILES string of the molecule is O=C(NC1CCCCCC1)c1ccc(CS(=O)(=O)N2CCOCC2)cc1. The number of carbonyl (C=O) groups is 1. The van der Waals surface area contributed by atoms with Crippen LogP contribution in [-0.4, -0.2) is 51.0 Å². The summed E-state index contributed by atoms with van der Waals surface area (Å²) in [7, 11) is -3.34. The minimum atomic E-state index is -3.34. The summed E-state index contributed by atoms with van der Waals surface area (Å²) in [5, 5.41) is 3.12. The lowest BCUT2D eigenvalue weighted by atomic mass is 10.1. The molecular formula is C19H28N2O4S. The highest BCUT2D eigenvalue weighted by atomic mass is 32.2. The van der Waals surface area contributed by atoms with E-state index in [9.17, 15) is 13.2 Å². The normalized spacial score (nSPS) is 20.5. The van der Waals surface area contributed by atoms with Crippen molar-refractivity contribution in [3.05, 3.63) is 35.4 Å². The maximum absolute atomic E-state index is 12.5. The lowest BCUT2D eigenvalue weighted by Gasteiger charge is -2.26. The molecule has 3 rings (SSSR count). The molecule has 2 aliphatic rings. The van der Waals surface area contributed by atoms with Gasteiger partial charge in [0.05, 0.1) is 19.0 Å². The van der Waals surface area contributed by atoms with Crippen LogP contribution in [0.25, 0.3) is 0 Å². The van der Waals surface area contributed by atoms with Crippen LogP contribution in [0.4, 0.5) is 0 Å². The van der Waals surface area contributed by atoms with Crippen LogP contribution in [0.15, 0.2) is 24.3 Å². The lowest BCUT2D eigenvalue weighted by Crippen LogP contribution is -2.41. The average Bonchev–Trinajstić information content (AvgIpc) is 2.91. The molecule has 1 saturated heterocycles. The monoisotopic (exact) mass is 380 g/mol. The van der Waals surface area contributed by atoms with Crippen molar-refractivity contribution in [3.63, 3.8) is 0 Å². The molecule has 2 fully saturated rings. The Bertz CT molecular complexity index is 689. The van der Waals surface area contributed by atoms with Gasteiger partial charge in [0.15, 0.2) is 0 Å². The zero-order chi connectivity index (χ0) is 18.4. The van der Waals surface area contributed by atoms with E-state index < -0.39 is 10.0 Å². The van der Waals surface area contributed by atoms with E-state index in [1.165, 1.54) is 30.0 Å². The summed E-state index contributed by atoms with van der Waals surface area (Å²) in [6.45, 7) is 1.70. The summed E-state index contributed by atoms with van der Waals surface area (Å²) < 4.78 is 31.6. The molecule has 1 aromatic rings. The third-order valence-electron chi connectivity index (χ3n) is 5.12. The molecule has 0 aromatic heterocycles. The van der Waals surface area contributed by atoms with Gasteiger partial charge >= 0.3 is 0 Å². The first-order valence-corrected chi connectivity index (χ1v) is 11.1. The van der Waals surface area contributed by atoms with Crippen molar-refractivity contribution in [2.75, 3.05) is 26.3 Å². The van der Waals surface area contributed by atoms with Gasteiger partial charge in [-0.25, -0.2) is 8.42 Å². The summed E-state index contributed by atoms with van der Waals surface area (Å²) in [5.41, 5.74) is 1.28. The Hall–Kier alpha value is -1.44. The second-order valence-corrected chi connectivity index (χ2v) is 9.10. The van der Waals surface area contributed by atoms with E-state index in [1.54, 1.807) is 24.3 Å². The van der Waals surface area contributed by atoms with Crippen molar-refractivity contribution >= 4 is 15.9 Å². The number of amides is 1. The number of morpholine rings is 1. The van der Waals surface area contributed by atoms with Crippen molar-refractivity contribution in [2.24, 2.45) is 0 Å². The lowest BCUT2D eigenvalue weighted by molar-refractivity contribution is 0.0729. The Morgan fingerprint density at radius 1 is 1.04 bits per heavy atom. The van der Waals surface area contributed by atoms with E-state index in [0.717, 1.165) is 12.8 Å². The Morgan fingerprint density at radius 3 is 2.27 bits per heavy atom. The number of benzene rings is 1. The predicted octanol–water partition coefficient (Wildman–Crippen LogP) is 2.30. The predicted molar refractivity (Wildman–Crippen MR) is 100 cm³/mol. The molecule has 1 saturated carbocycles. The van der Waals surface area contributed by atoms with E-state index in [4.69, 9.17) is 4.74 Å². The molecule has 0 spiro atoms. The molecule has 144 valence electrons. The second-order valence-electron chi connectivity index (χ2n) is 7.13. The van der Waals surface area contributed by atoms with Gasteiger partial charge in [0, 0.05) is 24.7 Å². The minimum absolute atomic E-state index is 0.0441. The number of carbonyl (C=O) groups excluding carboxylic acids is 1. The summed E-state index contributed by atoms with van der Waals surface area (Å²) in [6.07, 6.45) is 6.92. The average molecular weight is 381 g/mol. The van der Waals surface area contributed by atoms with E-state index in [0.29, 0.717) is 37.4 Å². The minimum Gasteiger partial charge on any atom is -0.379 e. The fraction of sp³-hybridized carbons (Fsp3) is 0.632. The number of nitrogens with zero attached hydrogens (tertiary/aromatic N) is 1. The molecule has 26 heavy (non-hydrogen) atoms. The smallest absolute Gasteiger partial charge is 0.251 e. The summed E-state index contributed by atoms with van der Waals surface area (Å²) in [6, 6.07) is 7.17. The summed E-state index contributed by atoms with van der Waals surface area (Å²) in [5.74, 6) is -0.114. The van der Waals surface area contributed by atoms with Crippen LogP contribution >= 0.6 is 0 Å². The van der Waals surface area contributed by atoms with Gasteiger partial charge in [0.25, 0.3) is 5.91 Å². The van der Waals surface area contributed by atoms with E-state index in [-0.39, 0.29) is 17.7 Å². The number of sulfonamides is 1. The van der Waals surface area contributed by atoms with Crippen molar-refractivity contribution in [1.82, 2.24) is 9.62 Å². The Morgan fingerprint density at radius 2 is 1.65 bits per heavy atom. The number of hydrogen-bond acceptors (Lipinski definition) is 4. The van der Waals surface area contributed by atoms with Gasteiger partial charge in [0.2, 0.25) is 10.0 Å². The highest BCUT2D eigenvalue weighted by molar-refractivity contribution is 7.88. The number of rotatable bonds is 5. The van der Waals surface area contributed by atoms with Crippen LogP contribution in [0.1, 0.15) is 54.4 Å². The summed E-state index contributed by atoms with van der Waals surface area (Å²) in [4.78, 5) is 12.4. The third kappa shape index (κ3) is 5.28. The van der Waals surface area contributed by atoms with Crippen LogP contribution in [-0.2, 0) is 20.5 Å². The van der Waals surface area contributed by atoms with Crippen LogP contribution in [0.5, 0.6) is 0 Å². The van der Waals surface area contributed by atoms with Gasteiger partial charge in [-0.3, -0.25) is 4.79 Å². The molecule has 0 unspecified atom stereocenters. The molecule has 0 atom stereocenters. The Balaban J connectivity index is 1.58. The fourth-order valence-corrected chi connectivity index (χ4v) is 5.07. The van der Waals surface area contributed by atoms with Crippen molar-refractivity contribution in [2.45, 2.75) is 50.3 Å². The van der Waals surface area contributed by atoms with Gasteiger partial charge in [-0.05, 0) is 30.5 Å². The van der Waals surface area contributed by atoms with Gasteiger partial charge < -0.3 is 10.1 Å². The van der Waals surface area contributed by atoms with Crippen LogP contribution in [0.2, 0.25) is 0 Å². The highest BCUT2D eigenvalue weighted by Crippen LogP contribution is 2.18.